The van der Waals surface area contributed by atoms with E-state index in [1.807, 2.05) is 29.1 Å². The number of fused-ring (bicyclic) bond motifs is 3. The summed E-state index contributed by atoms with van der Waals surface area (Å²) >= 11 is 0. The molecule has 0 saturated carbocycles. The molecule has 0 aliphatic rings. The van der Waals surface area contributed by atoms with E-state index in [9.17, 15) is 0 Å². The van der Waals surface area contributed by atoms with E-state index in [4.69, 9.17) is 0 Å². The zero-order chi connectivity index (χ0) is 11.8. The molecule has 2 aromatic heterocycles. The van der Waals surface area contributed by atoms with Gasteiger partial charge in [-0.25, -0.2) is 9.66 Å². The lowest BCUT2D eigenvalue weighted by atomic mass is 10.2. The molecule has 0 spiro atoms. The minimum Gasteiger partial charge on any atom is -0.322 e. The van der Waals surface area contributed by atoms with E-state index in [1.54, 1.807) is 6.33 Å². The van der Waals surface area contributed by atoms with Crippen LogP contribution in [0.3, 0.4) is 0 Å². The van der Waals surface area contributed by atoms with Crippen molar-refractivity contribution in [3.05, 3.63) is 36.8 Å². The fourth-order valence-electron chi connectivity index (χ4n) is 2.02. The summed E-state index contributed by atoms with van der Waals surface area (Å²) in [7, 11) is 0. The highest BCUT2D eigenvalue weighted by Gasteiger charge is 2.08. The number of benzene rings is 1. The van der Waals surface area contributed by atoms with Crippen LogP contribution in [0.2, 0.25) is 0 Å². The van der Waals surface area contributed by atoms with Gasteiger partial charge in [-0.2, -0.15) is 0 Å². The SMILES string of the molecule is CC(C)Nn1cnc2cnc3ccccc3c21. The highest BCUT2D eigenvalue weighted by molar-refractivity contribution is 6.02. The maximum Gasteiger partial charge on any atom is 0.115 e. The second-order valence-electron chi connectivity index (χ2n) is 4.41. The van der Waals surface area contributed by atoms with E-state index in [1.165, 1.54) is 0 Å². The Morgan fingerprint density at radius 1 is 1.12 bits per heavy atom. The Balaban J connectivity index is 2.34. The Labute approximate surface area is 99.3 Å². The molecule has 0 saturated heterocycles. The molecule has 3 aromatic rings. The summed E-state index contributed by atoms with van der Waals surface area (Å²) < 4.78 is 1.98. The zero-order valence-electron chi connectivity index (χ0n) is 9.88. The van der Waals surface area contributed by atoms with Crippen LogP contribution >= 0.6 is 0 Å². The van der Waals surface area contributed by atoms with Crippen LogP contribution in [-0.4, -0.2) is 20.7 Å². The smallest absolute Gasteiger partial charge is 0.115 e. The monoisotopic (exact) mass is 226 g/mol. The second-order valence-corrected chi connectivity index (χ2v) is 4.41. The maximum atomic E-state index is 4.40. The molecule has 0 amide bonds. The maximum absolute atomic E-state index is 4.40. The van der Waals surface area contributed by atoms with Crippen molar-refractivity contribution >= 4 is 21.9 Å². The number of rotatable bonds is 2. The van der Waals surface area contributed by atoms with Gasteiger partial charge >= 0.3 is 0 Å². The Kier molecular flexibility index (Phi) is 2.21. The molecule has 0 atom stereocenters. The number of nitrogens with zero attached hydrogens (tertiary/aromatic N) is 3. The molecular formula is C13H14N4. The lowest BCUT2D eigenvalue weighted by Gasteiger charge is -2.12. The fraction of sp³-hybridized carbons (Fsp3) is 0.231. The van der Waals surface area contributed by atoms with Gasteiger partial charge < -0.3 is 5.43 Å². The van der Waals surface area contributed by atoms with Crippen LogP contribution in [0.4, 0.5) is 0 Å². The lowest BCUT2D eigenvalue weighted by Crippen LogP contribution is -2.21. The van der Waals surface area contributed by atoms with Crippen molar-refractivity contribution in [2.75, 3.05) is 5.43 Å². The first-order valence-corrected chi connectivity index (χ1v) is 5.73. The third kappa shape index (κ3) is 1.62. The van der Waals surface area contributed by atoms with Gasteiger partial charge in [-0.05, 0) is 19.9 Å². The molecule has 17 heavy (non-hydrogen) atoms. The van der Waals surface area contributed by atoms with E-state index in [-0.39, 0.29) is 0 Å². The van der Waals surface area contributed by atoms with E-state index < -0.39 is 0 Å². The molecule has 0 bridgehead atoms. The van der Waals surface area contributed by atoms with Crippen LogP contribution in [0.15, 0.2) is 36.8 Å². The van der Waals surface area contributed by atoms with Gasteiger partial charge in [-0.1, -0.05) is 18.2 Å². The Morgan fingerprint density at radius 3 is 2.76 bits per heavy atom. The van der Waals surface area contributed by atoms with Gasteiger partial charge in [0, 0.05) is 11.4 Å². The highest BCUT2D eigenvalue weighted by Crippen LogP contribution is 2.21. The number of para-hydroxylation sites is 1. The summed E-state index contributed by atoms with van der Waals surface area (Å²) in [6.07, 6.45) is 3.62. The third-order valence-electron chi connectivity index (χ3n) is 2.68. The van der Waals surface area contributed by atoms with Crippen LogP contribution in [-0.2, 0) is 0 Å². The van der Waals surface area contributed by atoms with Crippen molar-refractivity contribution in [3.8, 4) is 0 Å². The Morgan fingerprint density at radius 2 is 1.94 bits per heavy atom. The largest absolute Gasteiger partial charge is 0.322 e. The molecule has 0 fully saturated rings. The lowest BCUT2D eigenvalue weighted by molar-refractivity contribution is 0.751. The molecule has 0 radical (unpaired) electrons. The average Bonchev–Trinajstić information content (AvgIpc) is 2.72. The van der Waals surface area contributed by atoms with E-state index in [0.29, 0.717) is 6.04 Å². The number of pyridine rings is 1. The normalized spacial score (nSPS) is 11.5. The molecule has 1 aromatic carbocycles. The van der Waals surface area contributed by atoms with Gasteiger partial charge in [0.15, 0.2) is 0 Å². The van der Waals surface area contributed by atoms with E-state index in [2.05, 4.69) is 35.3 Å². The van der Waals surface area contributed by atoms with Crippen LogP contribution in [0.25, 0.3) is 21.9 Å². The summed E-state index contributed by atoms with van der Waals surface area (Å²) in [4.78, 5) is 8.76. The number of hydrogen-bond donors (Lipinski definition) is 1. The Bertz CT molecular complexity index is 669. The third-order valence-corrected chi connectivity index (χ3v) is 2.68. The van der Waals surface area contributed by atoms with Crippen LogP contribution in [0.1, 0.15) is 13.8 Å². The minimum atomic E-state index is 0.360. The van der Waals surface area contributed by atoms with Crippen molar-refractivity contribution in [2.24, 2.45) is 0 Å². The van der Waals surface area contributed by atoms with Gasteiger partial charge in [-0.15, -0.1) is 0 Å². The van der Waals surface area contributed by atoms with Crippen LogP contribution in [0.5, 0.6) is 0 Å². The molecule has 0 aliphatic carbocycles. The standard InChI is InChI=1S/C13H14N4/c1-9(2)16-17-8-15-12-7-14-11-6-4-3-5-10(11)13(12)17/h3-9,16H,1-2H3. The summed E-state index contributed by atoms with van der Waals surface area (Å²) in [6, 6.07) is 8.47. The van der Waals surface area contributed by atoms with E-state index >= 15 is 0 Å². The molecule has 3 rings (SSSR count). The molecule has 1 N–H and O–H groups in total. The van der Waals surface area contributed by atoms with Crippen molar-refractivity contribution in [1.82, 2.24) is 14.6 Å². The quantitative estimate of drug-likeness (QED) is 0.730. The van der Waals surface area contributed by atoms with Crippen LogP contribution < -0.4 is 5.43 Å². The summed E-state index contributed by atoms with van der Waals surface area (Å²) in [5.74, 6) is 0. The first kappa shape index (κ1) is 10.1. The topological polar surface area (TPSA) is 42.7 Å². The fourth-order valence-corrected chi connectivity index (χ4v) is 2.02. The predicted molar refractivity (Wildman–Crippen MR) is 69.5 cm³/mol. The summed E-state index contributed by atoms with van der Waals surface area (Å²) in [5, 5.41) is 1.12. The molecule has 2 heterocycles. The van der Waals surface area contributed by atoms with Gasteiger partial charge in [0.05, 0.1) is 11.7 Å². The average molecular weight is 226 g/mol. The molecule has 4 heteroatoms. The van der Waals surface area contributed by atoms with Crippen molar-refractivity contribution < 1.29 is 0 Å². The first-order valence-electron chi connectivity index (χ1n) is 5.73. The zero-order valence-corrected chi connectivity index (χ0v) is 9.88. The predicted octanol–water partition coefficient (Wildman–Crippen LogP) is 2.54. The van der Waals surface area contributed by atoms with Gasteiger partial charge in [-0.3, -0.25) is 4.98 Å². The number of hydrogen-bond acceptors (Lipinski definition) is 3. The Hall–Kier alpha value is -2.10. The molecular weight excluding hydrogens is 212 g/mol. The number of nitrogens with one attached hydrogen (secondary N) is 1. The second kappa shape index (κ2) is 3.73. The molecule has 4 nitrogen and oxygen atoms in total. The first-order chi connectivity index (χ1) is 8.25. The van der Waals surface area contributed by atoms with Crippen molar-refractivity contribution in [3.63, 3.8) is 0 Å². The molecule has 0 aliphatic heterocycles. The van der Waals surface area contributed by atoms with E-state index in [0.717, 1.165) is 21.9 Å². The minimum absolute atomic E-state index is 0.360. The highest BCUT2D eigenvalue weighted by atomic mass is 15.4. The van der Waals surface area contributed by atoms with Gasteiger partial charge in [0.2, 0.25) is 0 Å². The number of aromatic nitrogens is 3. The summed E-state index contributed by atoms with van der Waals surface area (Å²) in [6.45, 7) is 4.21. The summed E-state index contributed by atoms with van der Waals surface area (Å²) in [5.41, 5.74) is 6.34. The van der Waals surface area contributed by atoms with Gasteiger partial charge in [0.25, 0.3) is 0 Å². The van der Waals surface area contributed by atoms with Crippen molar-refractivity contribution in [1.29, 1.82) is 0 Å². The molecule has 0 unspecified atom stereocenters. The number of imidazole rings is 1. The van der Waals surface area contributed by atoms with Gasteiger partial charge in [0.1, 0.15) is 17.4 Å². The van der Waals surface area contributed by atoms with Crippen LogP contribution in [0, 0.1) is 0 Å². The van der Waals surface area contributed by atoms with Crippen molar-refractivity contribution in [2.45, 2.75) is 19.9 Å². The molecule has 86 valence electrons.